The molecule has 0 bridgehead atoms. The average molecular weight is 298 g/mol. The van der Waals surface area contributed by atoms with E-state index >= 15 is 0 Å². The van der Waals surface area contributed by atoms with E-state index in [9.17, 15) is 13.2 Å². The van der Waals surface area contributed by atoms with Crippen molar-refractivity contribution in [2.45, 2.75) is 32.4 Å². The van der Waals surface area contributed by atoms with Crippen LogP contribution < -0.4 is 11.3 Å². The van der Waals surface area contributed by atoms with E-state index in [0.717, 1.165) is 30.9 Å². The van der Waals surface area contributed by atoms with Gasteiger partial charge in [0.25, 0.3) is 0 Å². The summed E-state index contributed by atoms with van der Waals surface area (Å²) >= 11 is 0. The molecule has 7 heteroatoms. The molecule has 1 aromatic heterocycles. The molecule has 0 aliphatic carbocycles. The number of aromatic nitrogens is 2. The maximum absolute atomic E-state index is 13.3. The van der Waals surface area contributed by atoms with Crippen LogP contribution in [0.2, 0.25) is 0 Å². The lowest BCUT2D eigenvalue weighted by Gasteiger charge is -2.17. The molecule has 4 nitrogen and oxygen atoms in total. The predicted octanol–water partition coefficient (Wildman–Crippen LogP) is 2.46. The Hall–Kier alpha value is -1.86. The number of imidazole rings is 1. The van der Waals surface area contributed by atoms with Gasteiger partial charge in [-0.15, -0.1) is 0 Å². The van der Waals surface area contributed by atoms with Crippen molar-refractivity contribution in [3.8, 4) is 0 Å². The Labute approximate surface area is 120 Å². The Morgan fingerprint density at radius 1 is 1.29 bits per heavy atom. The second kappa shape index (κ2) is 6.73. The third kappa shape index (κ3) is 3.43. The molecule has 1 aromatic carbocycles. The molecular weight excluding hydrogens is 281 g/mol. The van der Waals surface area contributed by atoms with Crippen LogP contribution in [0.3, 0.4) is 0 Å². The maximum Gasteiger partial charge on any atom is 0.194 e. The topological polar surface area (TPSA) is 55.9 Å². The van der Waals surface area contributed by atoms with Gasteiger partial charge in [0.15, 0.2) is 17.5 Å². The zero-order valence-electron chi connectivity index (χ0n) is 11.6. The molecule has 0 aliphatic heterocycles. The van der Waals surface area contributed by atoms with E-state index < -0.39 is 23.5 Å². The summed E-state index contributed by atoms with van der Waals surface area (Å²) in [4.78, 5) is 4.22. The van der Waals surface area contributed by atoms with Gasteiger partial charge in [0.1, 0.15) is 5.82 Å². The van der Waals surface area contributed by atoms with Crippen LogP contribution in [0.25, 0.3) is 0 Å². The Morgan fingerprint density at radius 2 is 1.95 bits per heavy atom. The van der Waals surface area contributed by atoms with Crippen LogP contribution in [-0.2, 0) is 13.0 Å². The van der Waals surface area contributed by atoms with E-state index in [-0.39, 0.29) is 5.56 Å². The molecule has 0 fully saturated rings. The summed E-state index contributed by atoms with van der Waals surface area (Å²) in [5.41, 5.74) is 2.73. The third-order valence-electron chi connectivity index (χ3n) is 3.26. The lowest BCUT2D eigenvalue weighted by Crippen LogP contribution is -2.30. The first-order valence-electron chi connectivity index (χ1n) is 6.67. The predicted molar refractivity (Wildman–Crippen MR) is 72.6 cm³/mol. The fourth-order valence-electron chi connectivity index (χ4n) is 2.21. The van der Waals surface area contributed by atoms with Crippen molar-refractivity contribution < 1.29 is 13.2 Å². The van der Waals surface area contributed by atoms with Crippen LogP contribution in [0.1, 0.15) is 30.8 Å². The van der Waals surface area contributed by atoms with E-state index in [0.29, 0.717) is 6.42 Å². The standard InChI is InChI=1S/C14H17F3N4/c1-2-4-21-5-3-19-13(21)8-12(20-18)9-6-10(15)14(17)11(16)7-9/h3,5-7,12,20H,2,4,8,18H2,1H3. The summed E-state index contributed by atoms with van der Waals surface area (Å²) in [6.07, 6.45) is 4.76. The highest BCUT2D eigenvalue weighted by Gasteiger charge is 2.18. The molecule has 0 amide bonds. The molecule has 1 unspecified atom stereocenters. The summed E-state index contributed by atoms with van der Waals surface area (Å²) in [7, 11) is 0. The first-order valence-corrected chi connectivity index (χ1v) is 6.67. The Morgan fingerprint density at radius 3 is 2.52 bits per heavy atom. The Kier molecular flexibility index (Phi) is 4.98. The van der Waals surface area contributed by atoms with Gasteiger partial charge in [-0.05, 0) is 24.1 Å². The second-order valence-electron chi connectivity index (χ2n) is 4.76. The summed E-state index contributed by atoms with van der Waals surface area (Å²) in [5, 5.41) is 0. The fraction of sp³-hybridized carbons (Fsp3) is 0.357. The molecule has 21 heavy (non-hydrogen) atoms. The molecule has 1 heterocycles. The fourth-order valence-corrected chi connectivity index (χ4v) is 2.21. The molecule has 2 rings (SSSR count). The van der Waals surface area contributed by atoms with Gasteiger partial charge in [-0.3, -0.25) is 11.3 Å². The zero-order valence-corrected chi connectivity index (χ0v) is 11.6. The number of hydrogen-bond acceptors (Lipinski definition) is 3. The summed E-state index contributed by atoms with van der Waals surface area (Å²) in [5.74, 6) is 2.25. The number of hydrogen-bond donors (Lipinski definition) is 2. The molecule has 0 saturated carbocycles. The molecule has 2 aromatic rings. The SMILES string of the molecule is CCCn1ccnc1CC(NN)c1cc(F)c(F)c(F)c1. The highest BCUT2D eigenvalue weighted by Crippen LogP contribution is 2.21. The maximum atomic E-state index is 13.3. The number of nitrogens with one attached hydrogen (secondary N) is 1. The largest absolute Gasteiger partial charge is 0.335 e. The van der Waals surface area contributed by atoms with Crippen molar-refractivity contribution in [2.75, 3.05) is 0 Å². The summed E-state index contributed by atoms with van der Waals surface area (Å²) in [6.45, 7) is 2.83. The molecule has 1 atom stereocenters. The first-order chi connectivity index (χ1) is 10.1. The smallest absolute Gasteiger partial charge is 0.194 e. The normalized spacial score (nSPS) is 12.6. The number of rotatable bonds is 6. The van der Waals surface area contributed by atoms with Gasteiger partial charge in [0.05, 0.1) is 6.04 Å². The van der Waals surface area contributed by atoms with E-state index in [2.05, 4.69) is 10.4 Å². The minimum absolute atomic E-state index is 0.236. The first kappa shape index (κ1) is 15.5. The van der Waals surface area contributed by atoms with Crippen molar-refractivity contribution in [3.05, 3.63) is 53.4 Å². The van der Waals surface area contributed by atoms with Crippen LogP contribution in [0.5, 0.6) is 0 Å². The van der Waals surface area contributed by atoms with Crippen molar-refractivity contribution in [1.82, 2.24) is 15.0 Å². The highest BCUT2D eigenvalue weighted by atomic mass is 19.2. The van der Waals surface area contributed by atoms with Crippen LogP contribution >= 0.6 is 0 Å². The lowest BCUT2D eigenvalue weighted by atomic mass is 10.0. The quantitative estimate of drug-likeness (QED) is 0.489. The molecule has 3 N–H and O–H groups in total. The molecule has 0 radical (unpaired) electrons. The molecule has 0 aliphatic rings. The minimum atomic E-state index is -1.48. The second-order valence-corrected chi connectivity index (χ2v) is 4.76. The van der Waals surface area contributed by atoms with E-state index in [1.165, 1.54) is 0 Å². The minimum Gasteiger partial charge on any atom is -0.335 e. The van der Waals surface area contributed by atoms with Crippen LogP contribution in [0, 0.1) is 17.5 Å². The van der Waals surface area contributed by atoms with Crippen LogP contribution in [0.4, 0.5) is 13.2 Å². The van der Waals surface area contributed by atoms with Crippen molar-refractivity contribution in [3.63, 3.8) is 0 Å². The highest BCUT2D eigenvalue weighted by molar-refractivity contribution is 5.23. The zero-order chi connectivity index (χ0) is 15.4. The van der Waals surface area contributed by atoms with Gasteiger partial charge in [-0.1, -0.05) is 6.92 Å². The van der Waals surface area contributed by atoms with Gasteiger partial charge >= 0.3 is 0 Å². The number of halogens is 3. The Bertz CT molecular complexity index is 589. The third-order valence-corrected chi connectivity index (χ3v) is 3.26. The van der Waals surface area contributed by atoms with Gasteiger partial charge in [-0.25, -0.2) is 18.2 Å². The molecule has 0 saturated heterocycles. The lowest BCUT2D eigenvalue weighted by molar-refractivity contribution is 0.438. The number of benzene rings is 1. The van der Waals surface area contributed by atoms with E-state index in [4.69, 9.17) is 5.84 Å². The molecular formula is C14H17F3N4. The summed E-state index contributed by atoms with van der Waals surface area (Å²) < 4.78 is 41.6. The van der Waals surface area contributed by atoms with Crippen molar-refractivity contribution in [1.29, 1.82) is 0 Å². The Balaban J connectivity index is 2.26. The monoisotopic (exact) mass is 298 g/mol. The van der Waals surface area contributed by atoms with Gasteiger partial charge in [-0.2, -0.15) is 0 Å². The van der Waals surface area contributed by atoms with Crippen molar-refractivity contribution in [2.24, 2.45) is 5.84 Å². The average Bonchev–Trinajstić information content (AvgIpc) is 2.89. The summed E-state index contributed by atoms with van der Waals surface area (Å²) in [6, 6.07) is 1.32. The van der Waals surface area contributed by atoms with Gasteiger partial charge < -0.3 is 4.57 Å². The molecule has 114 valence electrons. The van der Waals surface area contributed by atoms with Gasteiger partial charge in [0, 0.05) is 25.4 Å². The van der Waals surface area contributed by atoms with Crippen LogP contribution in [0.15, 0.2) is 24.5 Å². The number of nitrogens with two attached hydrogens (primary N) is 1. The van der Waals surface area contributed by atoms with Gasteiger partial charge in [0.2, 0.25) is 0 Å². The van der Waals surface area contributed by atoms with Crippen LogP contribution in [-0.4, -0.2) is 9.55 Å². The van der Waals surface area contributed by atoms with E-state index in [1.54, 1.807) is 6.20 Å². The number of hydrazine groups is 1. The van der Waals surface area contributed by atoms with Crippen molar-refractivity contribution >= 4 is 0 Å². The van der Waals surface area contributed by atoms with E-state index in [1.807, 2.05) is 17.7 Å². The number of nitrogens with zero attached hydrogens (tertiary/aromatic N) is 2. The number of aryl methyl sites for hydroxylation is 1. The molecule has 0 spiro atoms.